The first-order valence-corrected chi connectivity index (χ1v) is 8.89. The molecule has 2 amide bonds. The Kier molecular flexibility index (Phi) is 4.70. The van der Waals surface area contributed by atoms with E-state index in [4.69, 9.17) is 16.3 Å². The SMILES string of the molecule is COc1ccc(Cl)cc1NC(=O)C[C@H]1C(=O)Nc2nc(-c3ccccc3)nn21. The van der Waals surface area contributed by atoms with Gasteiger partial charge in [0.1, 0.15) is 11.8 Å². The van der Waals surface area contributed by atoms with Crippen molar-refractivity contribution < 1.29 is 14.3 Å². The van der Waals surface area contributed by atoms with Crippen LogP contribution in [0.2, 0.25) is 5.02 Å². The molecule has 28 heavy (non-hydrogen) atoms. The number of fused-ring (bicyclic) bond motifs is 1. The van der Waals surface area contributed by atoms with Crippen LogP contribution in [0.1, 0.15) is 12.5 Å². The Bertz CT molecular complexity index is 1050. The van der Waals surface area contributed by atoms with Gasteiger partial charge in [-0.1, -0.05) is 41.9 Å². The monoisotopic (exact) mass is 397 g/mol. The Balaban J connectivity index is 1.53. The molecule has 0 radical (unpaired) electrons. The number of carbonyl (C=O) groups excluding carboxylic acids is 2. The molecule has 0 spiro atoms. The zero-order valence-electron chi connectivity index (χ0n) is 14.8. The lowest BCUT2D eigenvalue weighted by molar-refractivity contribution is -0.123. The van der Waals surface area contributed by atoms with Crippen molar-refractivity contribution in [3.8, 4) is 17.1 Å². The minimum absolute atomic E-state index is 0.105. The third-order valence-electron chi connectivity index (χ3n) is 4.31. The minimum Gasteiger partial charge on any atom is -0.495 e. The highest BCUT2D eigenvalue weighted by molar-refractivity contribution is 6.31. The number of carbonyl (C=O) groups is 2. The smallest absolute Gasteiger partial charge is 0.252 e. The quantitative estimate of drug-likeness (QED) is 0.689. The number of hydrogen-bond donors (Lipinski definition) is 2. The lowest BCUT2D eigenvalue weighted by Gasteiger charge is -2.12. The molecule has 4 rings (SSSR count). The van der Waals surface area contributed by atoms with Gasteiger partial charge in [-0.3, -0.25) is 14.9 Å². The summed E-state index contributed by atoms with van der Waals surface area (Å²) < 4.78 is 6.66. The van der Waals surface area contributed by atoms with Crippen molar-refractivity contribution in [2.75, 3.05) is 17.7 Å². The highest BCUT2D eigenvalue weighted by Crippen LogP contribution is 2.30. The van der Waals surface area contributed by atoms with Crippen LogP contribution in [0.15, 0.2) is 48.5 Å². The van der Waals surface area contributed by atoms with Gasteiger partial charge in [0.2, 0.25) is 11.9 Å². The van der Waals surface area contributed by atoms with Crippen molar-refractivity contribution in [1.82, 2.24) is 14.8 Å². The van der Waals surface area contributed by atoms with Gasteiger partial charge in [0.15, 0.2) is 5.82 Å². The van der Waals surface area contributed by atoms with E-state index in [0.29, 0.717) is 28.2 Å². The molecule has 2 N–H and O–H groups in total. The maximum atomic E-state index is 12.5. The van der Waals surface area contributed by atoms with Gasteiger partial charge in [-0.15, -0.1) is 5.10 Å². The summed E-state index contributed by atoms with van der Waals surface area (Å²) in [6, 6.07) is 13.5. The molecule has 8 nitrogen and oxygen atoms in total. The van der Waals surface area contributed by atoms with Crippen molar-refractivity contribution in [3.05, 3.63) is 53.6 Å². The van der Waals surface area contributed by atoms with Gasteiger partial charge in [0, 0.05) is 10.6 Å². The molecule has 0 fully saturated rings. The second-order valence-electron chi connectivity index (χ2n) is 6.17. The lowest BCUT2D eigenvalue weighted by Crippen LogP contribution is -2.24. The maximum absolute atomic E-state index is 12.5. The molecule has 1 aliphatic rings. The van der Waals surface area contributed by atoms with Gasteiger partial charge < -0.3 is 10.1 Å². The summed E-state index contributed by atoms with van der Waals surface area (Å²) >= 11 is 5.99. The van der Waals surface area contributed by atoms with Gasteiger partial charge in [0.25, 0.3) is 5.91 Å². The number of ether oxygens (including phenoxy) is 1. The average Bonchev–Trinajstić information content (AvgIpc) is 3.21. The Morgan fingerprint density at radius 3 is 2.82 bits per heavy atom. The van der Waals surface area contributed by atoms with Crippen molar-refractivity contribution in [1.29, 1.82) is 0 Å². The van der Waals surface area contributed by atoms with Crippen molar-refractivity contribution in [2.45, 2.75) is 12.5 Å². The maximum Gasteiger partial charge on any atom is 0.252 e. The summed E-state index contributed by atoms with van der Waals surface area (Å²) in [5, 5.41) is 10.2. The second kappa shape index (κ2) is 7.32. The van der Waals surface area contributed by atoms with Crippen LogP contribution in [0.3, 0.4) is 0 Å². The Morgan fingerprint density at radius 2 is 2.07 bits per heavy atom. The summed E-state index contributed by atoms with van der Waals surface area (Å²) in [7, 11) is 1.50. The van der Waals surface area contributed by atoms with Crippen LogP contribution in [0.25, 0.3) is 11.4 Å². The topological polar surface area (TPSA) is 98.1 Å². The molecule has 9 heteroatoms. The fourth-order valence-electron chi connectivity index (χ4n) is 2.97. The summed E-state index contributed by atoms with van der Waals surface area (Å²) in [4.78, 5) is 29.1. The summed E-state index contributed by atoms with van der Waals surface area (Å²) in [5.41, 5.74) is 1.26. The molecule has 0 aliphatic carbocycles. The summed E-state index contributed by atoms with van der Waals surface area (Å²) in [6.45, 7) is 0. The molecular weight excluding hydrogens is 382 g/mol. The van der Waals surface area contributed by atoms with E-state index >= 15 is 0 Å². The fraction of sp³-hybridized carbons (Fsp3) is 0.158. The van der Waals surface area contributed by atoms with E-state index < -0.39 is 6.04 Å². The molecule has 0 saturated heterocycles. The zero-order valence-corrected chi connectivity index (χ0v) is 15.6. The minimum atomic E-state index is -0.787. The number of aromatic nitrogens is 3. The van der Waals surface area contributed by atoms with Crippen molar-refractivity contribution in [3.63, 3.8) is 0 Å². The van der Waals surface area contributed by atoms with Crippen LogP contribution < -0.4 is 15.4 Å². The third-order valence-corrected chi connectivity index (χ3v) is 4.55. The fourth-order valence-corrected chi connectivity index (χ4v) is 3.15. The molecule has 1 aliphatic heterocycles. The predicted octanol–water partition coefficient (Wildman–Crippen LogP) is 3.13. The first-order valence-electron chi connectivity index (χ1n) is 8.51. The number of anilines is 2. The van der Waals surface area contributed by atoms with E-state index in [2.05, 4.69) is 20.7 Å². The lowest BCUT2D eigenvalue weighted by atomic mass is 10.2. The van der Waals surface area contributed by atoms with Crippen LogP contribution in [0.5, 0.6) is 5.75 Å². The zero-order chi connectivity index (χ0) is 19.7. The summed E-state index contributed by atoms with van der Waals surface area (Å²) in [5.74, 6) is 0.578. The van der Waals surface area contributed by atoms with Crippen LogP contribution in [-0.4, -0.2) is 33.7 Å². The first-order chi connectivity index (χ1) is 13.5. The molecule has 2 heterocycles. The van der Waals surface area contributed by atoms with Crippen LogP contribution >= 0.6 is 11.6 Å². The first kappa shape index (κ1) is 18.0. The van der Waals surface area contributed by atoms with E-state index in [0.717, 1.165) is 5.56 Å². The highest BCUT2D eigenvalue weighted by atomic mass is 35.5. The van der Waals surface area contributed by atoms with Gasteiger partial charge >= 0.3 is 0 Å². The van der Waals surface area contributed by atoms with Gasteiger partial charge in [-0.2, -0.15) is 4.98 Å². The number of methoxy groups -OCH3 is 1. The van der Waals surface area contributed by atoms with Crippen LogP contribution in [0, 0.1) is 0 Å². The Labute approximate surface area is 165 Å². The number of amides is 2. The number of benzene rings is 2. The molecular formula is C19H16ClN5O3. The number of nitrogens with one attached hydrogen (secondary N) is 2. The number of halogens is 1. The Hall–Kier alpha value is -3.39. The molecule has 2 aromatic carbocycles. The van der Waals surface area contributed by atoms with Crippen LogP contribution in [0.4, 0.5) is 11.6 Å². The van der Waals surface area contributed by atoms with Gasteiger partial charge in [-0.05, 0) is 18.2 Å². The highest BCUT2D eigenvalue weighted by Gasteiger charge is 2.35. The third kappa shape index (κ3) is 3.41. The molecule has 1 atom stereocenters. The number of hydrogen-bond acceptors (Lipinski definition) is 5. The van der Waals surface area contributed by atoms with Crippen molar-refractivity contribution >= 4 is 35.1 Å². The predicted molar refractivity (Wildman–Crippen MR) is 104 cm³/mol. The second-order valence-corrected chi connectivity index (χ2v) is 6.61. The van der Waals surface area contributed by atoms with Gasteiger partial charge in [0.05, 0.1) is 19.2 Å². The average molecular weight is 398 g/mol. The summed E-state index contributed by atoms with van der Waals surface area (Å²) in [6.07, 6.45) is -0.105. The molecule has 0 unspecified atom stereocenters. The normalized spacial score (nSPS) is 15.1. The van der Waals surface area contributed by atoms with Crippen molar-refractivity contribution in [2.24, 2.45) is 0 Å². The number of nitrogens with zero attached hydrogens (tertiary/aromatic N) is 3. The van der Waals surface area contributed by atoms with Gasteiger partial charge in [-0.25, -0.2) is 4.68 Å². The van der Waals surface area contributed by atoms with E-state index in [9.17, 15) is 9.59 Å². The van der Waals surface area contributed by atoms with E-state index in [1.807, 2.05) is 30.3 Å². The largest absolute Gasteiger partial charge is 0.495 e. The van der Waals surface area contributed by atoms with E-state index in [1.54, 1.807) is 18.2 Å². The van der Waals surface area contributed by atoms with E-state index in [-0.39, 0.29) is 18.2 Å². The Morgan fingerprint density at radius 1 is 1.29 bits per heavy atom. The number of rotatable bonds is 5. The molecule has 3 aromatic rings. The van der Waals surface area contributed by atoms with E-state index in [1.165, 1.54) is 11.8 Å². The molecule has 0 bridgehead atoms. The molecule has 1 aromatic heterocycles. The van der Waals surface area contributed by atoms with Crippen LogP contribution in [-0.2, 0) is 9.59 Å². The molecule has 142 valence electrons. The molecule has 0 saturated carbocycles. The standard InChI is InChI=1S/C19H16ClN5O3/c1-28-15-8-7-12(20)9-13(15)21-16(26)10-14-18(27)23-19-22-17(24-25(14)19)11-5-3-2-4-6-11/h2-9,14H,10H2,1H3,(H,21,26)(H,22,23,24,27)/t14-/m0/s1.